The second kappa shape index (κ2) is 10.6. The van der Waals surface area contributed by atoms with Gasteiger partial charge >= 0.3 is 0 Å². The van der Waals surface area contributed by atoms with Gasteiger partial charge in [-0.05, 0) is 55.1 Å². The van der Waals surface area contributed by atoms with E-state index in [1.807, 2.05) is 12.1 Å². The third kappa shape index (κ3) is 6.02. The van der Waals surface area contributed by atoms with Gasteiger partial charge in [0, 0.05) is 18.0 Å². The summed E-state index contributed by atoms with van der Waals surface area (Å²) in [6.45, 7) is 6.64. The number of nitrogens with zero attached hydrogens (tertiary/aromatic N) is 1. The van der Waals surface area contributed by atoms with Gasteiger partial charge in [-0.3, -0.25) is 4.98 Å². The van der Waals surface area contributed by atoms with E-state index in [0.29, 0.717) is 10.0 Å². The van der Waals surface area contributed by atoms with Crippen molar-refractivity contribution in [3.63, 3.8) is 0 Å². The van der Waals surface area contributed by atoms with Crippen molar-refractivity contribution in [2.24, 2.45) is 0 Å². The largest absolute Gasteiger partial charge is 0.410 e. The molecule has 0 radical (unpaired) electrons. The number of pyridine rings is 1. The lowest BCUT2D eigenvalue weighted by Gasteiger charge is -2.34. The number of aryl methyl sites for hydroxylation is 1. The van der Waals surface area contributed by atoms with Crippen molar-refractivity contribution in [2.75, 3.05) is 0 Å². The van der Waals surface area contributed by atoms with Crippen molar-refractivity contribution >= 4 is 31.5 Å². The Kier molecular flexibility index (Phi) is 8.74. The second-order valence-electron chi connectivity index (χ2n) is 6.89. The van der Waals surface area contributed by atoms with E-state index in [4.69, 9.17) is 27.6 Å². The van der Waals surface area contributed by atoms with E-state index < -0.39 is 8.32 Å². The Morgan fingerprint density at radius 1 is 1.00 bits per heavy atom. The van der Waals surface area contributed by atoms with Gasteiger partial charge in [-0.15, -0.1) is 0 Å². The van der Waals surface area contributed by atoms with Gasteiger partial charge in [-0.1, -0.05) is 56.1 Å². The van der Waals surface area contributed by atoms with Gasteiger partial charge < -0.3 is 4.43 Å². The molecule has 148 valence electrons. The second-order valence-corrected chi connectivity index (χ2v) is 12.4. The molecule has 2 rings (SSSR count). The maximum atomic E-state index is 13.1. The van der Waals surface area contributed by atoms with Crippen LogP contribution in [0.3, 0.4) is 0 Å². The van der Waals surface area contributed by atoms with E-state index in [1.54, 1.807) is 12.4 Å². The van der Waals surface area contributed by atoms with Crippen molar-refractivity contribution in [1.82, 2.24) is 4.98 Å². The summed E-state index contributed by atoms with van der Waals surface area (Å²) in [5.74, 6) is -0.208. The zero-order valence-corrected chi connectivity index (χ0v) is 18.8. The highest BCUT2D eigenvalue weighted by Gasteiger charge is 2.33. The molecule has 0 amide bonds. The first kappa shape index (κ1) is 22.3. The molecule has 1 atom stereocenters. The maximum absolute atomic E-state index is 13.1. The molecule has 27 heavy (non-hydrogen) atoms. The average molecular weight is 428 g/mol. The molecule has 0 aliphatic carbocycles. The Labute approximate surface area is 173 Å². The molecule has 1 heterocycles. The molecule has 1 aromatic carbocycles. The van der Waals surface area contributed by atoms with Crippen molar-refractivity contribution < 1.29 is 8.82 Å². The number of hydrogen-bond donors (Lipinski definition) is 0. The SMILES string of the molecule is CC[Si](CC)(CC)OC(CCCc1ccc(F)cc1)c1c(Cl)cncc1Cl. The molecule has 6 heteroatoms. The Morgan fingerprint density at radius 2 is 1.56 bits per heavy atom. The predicted octanol–water partition coefficient (Wildman–Crippen LogP) is 7.61. The van der Waals surface area contributed by atoms with E-state index in [0.717, 1.165) is 48.5 Å². The molecule has 1 aromatic heterocycles. The van der Waals surface area contributed by atoms with Crippen LogP contribution < -0.4 is 0 Å². The van der Waals surface area contributed by atoms with Crippen LogP contribution in [0.25, 0.3) is 0 Å². The van der Waals surface area contributed by atoms with E-state index in [1.165, 1.54) is 12.1 Å². The molecule has 0 aliphatic rings. The van der Waals surface area contributed by atoms with Crippen LogP contribution in [-0.4, -0.2) is 13.3 Å². The molecule has 0 spiro atoms. The summed E-state index contributed by atoms with van der Waals surface area (Å²) in [7, 11) is -1.83. The summed E-state index contributed by atoms with van der Waals surface area (Å²) in [4.78, 5) is 4.08. The molecule has 0 bridgehead atoms. The topological polar surface area (TPSA) is 22.1 Å². The minimum absolute atomic E-state index is 0.139. The summed E-state index contributed by atoms with van der Waals surface area (Å²) >= 11 is 12.9. The van der Waals surface area contributed by atoms with Gasteiger partial charge in [0.15, 0.2) is 8.32 Å². The number of benzene rings is 1. The van der Waals surface area contributed by atoms with Crippen molar-refractivity contribution in [2.45, 2.75) is 64.3 Å². The zero-order chi connectivity index (χ0) is 19.9. The predicted molar refractivity (Wildman–Crippen MR) is 115 cm³/mol. The van der Waals surface area contributed by atoms with Crippen molar-refractivity contribution in [1.29, 1.82) is 0 Å². The van der Waals surface area contributed by atoms with Crippen LogP contribution in [0.2, 0.25) is 28.2 Å². The fraction of sp³-hybridized carbons (Fsp3) is 0.476. The lowest BCUT2D eigenvalue weighted by atomic mass is 10.0. The Hall–Kier alpha value is -0.943. The first-order chi connectivity index (χ1) is 12.9. The molecule has 0 saturated heterocycles. The fourth-order valence-electron chi connectivity index (χ4n) is 3.44. The summed E-state index contributed by atoms with van der Waals surface area (Å²) in [5, 5.41) is 1.11. The van der Waals surface area contributed by atoms with Gasteiger partial charge in [-0.25, -0.2) is 4.39 Å². The highest BCUT2D eigenvalue weighted by Crippen LogP contribution is 2.38. The Balaban J connectivity index is 2.20. The number of hydrogen-bond acceptors (Lipinski definition) is 2. The third-order valence-corrected chi connectivity index (χ3v) is 10.6. The van der Waals surface area contributed by atoms with Crippen molar-refractivity contribution in [3.05, 3.63) is 63.6 Å². The number of rotatable bonds is 10. The molecule has 2 aromatic rings. The van der Waals surface area contributed by atoms with Gasteiger partial charge in [0.25, 0.3) is 0 Å². The zero-order valence-electron chi connectivity index (χ0n) is 16.3. The van der Waals surface area contributed by atoms with Gasteiger partial charge in [-0.2, -0.15) is 0 Å². The number of aromatic nitrogens is 1. The standard InChI is InChI=1S/C21H28Cl2FNOSi/c1-4-27(5-2,6-3)26-20(21-18(22)14-25-15-19(21)23)9-7-8-16-10-12-17(24)13-11-16/h10-15,20H,4-9H2,1-3H3. The van der Waals surface area contributed by atoms with Gasteiger partial charge in [0.1, 0.15) is 5.82 Å². The molecular formula is C21H28Cl2FNOSi. The molecule has 1 unspecified atom stereocenters. The minimum atomic E-state index is -1.83. The van der Waals surface area contributed by atoms with Crippen LogP contribution >= 0.6 is 23.2 Å². The third-order valence-electron chi connectivity index (χ3n) is 5.38. The van der Waals surface area contributed by atoms with E-state index >= 15 is 0 Å². The molecule has 0 saturated carbocycles. The maximum Gasteiger partial charge on any atom is 0.192 e. The minimum Gasteiger partial charge on any atom is -0.410 e. The van der Waals surface area contributed by atoms with Crippen LogP contribution in [0.5, 0.6) is 0 Å². The lowest BCUT2D eigenvalue weighted by molar-refractivity contribution is 0.176. The van der Waals surface area contributed by atoms with E-state index in [2.05, 4.69) is 25.8 Å². The first-order valence-corrected chi connectivity index (χ1v) is 12.9. The van der Waals surface area contributed by atoms with Crippen LogP contribution in [0.15, 0.2) is 36.7 Å². The van der Waals surface area contributed by atoms with Gasteiger partial charge in [0.05, 0.1) is 16.1 Å². The summed E-state index contributed by atoms with van der Waals surface area (Å²) in [5.41, 5.74) is 1.96. The van der Waals surface area contributed by atoms with Crippen molar-refractivity contribution in [3.8, 4) is 0 Å². The van der Waals surface area contributed by atoms with Crippen LogP contribution in [-0.2, 0) is 10.8 Å². The molecule has 0 N–H and O–H groups in total. The normalized spacial score (nSPS) is 13.0. The van der Waals surface area contributed by atoms with E-state index in [-0.39, 0.29) is 11.9 Å². The number of halogens is 3. The smallest absolute Gasteiger partial charge is 0.192 e. The summed E-state index contributed by atoms with van der Waals surface area (Å²) < 4.78 is 19.9. The molecule has 2 nitrogen and oxygen atoms in total. The monoisotopic (exact) mass is 427 g/mol. The van der Waals surface area contributed by atoms with E-state index in [9.17, 15) is 4.39 Å². The fourth-order valence-corrected chi connectivity index (χ4v) is 6.88. The van der Waals surface area contributed by atoms with Gasteiger partial charge in [0.2, 0.25) is 0 Å². The lowest BCUT2D eigenvalue weighted by Crippen LogP contribution is -2.37. The highest BCUT2D eigenvalue weighted by atomic mass is 35.5. The first-order valence-electron chi connectivity index (χ1n) is 9.65. The molecule has 0 aliphatic heterocycles. The molecular weight excluding hydrogens is 400 g/mol. The Morgan fingerprint density at radius 3 is 2.07 bits per heavy atom. The summed E-state index contributed by atoms with van der Waals surface area (Å²) in [6.07, 6.45) is 5.71. The average Bonchev–Trinajstić information content (AvgIpc) is 2.67. The van der Waals surface area contributed by atoms with Crippen LogP contribution in [0, 0.1) is 5.82 Å². The highest BCUT2D eigenvalue weighted by molar-refractivity contribution is 6.73. The Bertz CT molecular complexity index is 694. The quantitative estimate of drug-likeness (QED) is 0.363. The van der Waals surface area contributed by atoms with Crippen LogP contribution in [0.1, 0.15) is 50.8 Å². The summed E-state index contributed by atoms with van der Waals surface area (Å²) in [6, 6.07) is 9.87. The van der Waals surface area contributed by atoms with Crippen LogP contribution in [0.4, 0.5) is 4.39 Å². The molecule has 0 fully saturated rings.